The molecule has 0 spiro atoms. The number of amides is 1. The van der Waals surface area contributed by atoms with Crippen molar-refractivity contribution in [2.45, 2.75) is 13.2 Å². The number of hydrogen-bond acceptors (Lipinski definition) is 5. The van der Waals surface area contributed by atoms with E-state index in [-0.39, 0.29) is 24.1 Å². The summed E-state index contributed by atoms with van der Waals surface area (Å²) in [6.07, 6.45) is 0. The summed E-state index contributed by atoms with van der Waals surface area (Å²) in [6.45, 7) is 5.25. The van der Waals surface area contributed by atoms with Crippen LogP contribution >= 0.6 is 0 Å². The molecule has 3 aromatic rings. The first kappa shape index (κ1) is 21.1. The Kier molecular flexibility index (Phi) is 6.64. The first-order valence-electron chi connectivity index (χ1n) is 10.3. The number of piperazine rings is 1. The Morgan fingerprint density at radius 2 is 1.84 bits per heavy atom. The monoisotopic (exact) mass is 423 g/mol. The maximum Gasteiger partial charge on any atom is 0.291 e. The lowest BCUT2D eigenvalue weighted by Gasteiger charge is -2.32. The minimum absolute atomic E-state index is 0.152. The third-order valence-corrected chi connectivity index (χ3v) is 5.27. The molecule has 0 aliphatic carbocycles. The molecule has 0 radical (unpaired) electrons. The summed E-state index contributed by atoms with van der Waals surface area (Å²) in [4.78, 5) is 17.3. The molecule has 0 bridgehead atoms. The van der Waals surface area contributed by atoms with E-state index in [1.54, 1.807) is 24.3 Å². The molecule has 1 aliphatic heterocycles. The molecule has 0 atom stereocenters. The molecule has 1 aromatic heterocycles. The van der Waals surface area contributed by atoms with Crippen molar-refractivity contribution in [1.29, 1.82) is 0 Å². The van der Waals surface area contributed by atoms with Crippen LogP contribution in [0.2, 0.25) is 0 Å². The standard InChI is InChI=1S/C24H26FN3O3/c1-27-11-13-28(14-12-27)16-18-3-2-4-20(15-18)26-24(29)23-10-9-22(31-23)17-30-21-7-5-19(25)6-8-21/h2-10,15H,11-14,16-17H2,1H3,(H,26,29). The van der Waals surface area contributed by atoms with Gasteiger partial charge in [-0.25, -0.2) is 4.39 Å². The van der Waals surface area contributed by atoms with E-state index in [1.165, 1.54) is 12.1 Å². The van der Waals surface area contributed by atoms with E-state index in [9.17, 15) is 9.18 Å². The number of carbonyl (C=O) groups is 1. The first-order chi connectivity index (χ1) is 15.0. The lowest BCUT2D eigenvalue weighted by molar-refractivity contribution is 0.0992. The van der Waals surface area contributed by atoms with E-state index < -0.39 is 0 Å². The van der Waals surface area contributed by atoms with Gasteiger partial charge in [-0.1, -0.05) is 12.1 Å². The maximum absolute atomic E-state index is 13.0. The predicted octanol–water partition coefficient (Wildman–Crippen LogP) is 4.00. The summed E-state index contributed by atoms with van der Waals surface area (Å²) >= 11 is 0. The van der Waals surface area contributed by atoms with E-state index in [2.05, 4.69) is 28.2 Å². The molecule has 4 rings (SSSR count). The number of nitrogens with one attached hydrogen (secondary N) is 1. The lowest BCUT2D eigenvalue weighted by Crippen LogP contribution is -2.43. The van der Waals surface area contributed by atoms with Gasteiger partial charge in [0, 0.05) is 38.4 Å². The molecule has 0 saturated carbocycles. The van der Waals surface area contributed by atoms with Gasteiger partial charge in [0.1, 0.15) is 23.9 Å². The van der Waals surface area contributed by atoms with Crippen LogP contribution < -0.4 is 10.1 Å². The van der Waals surface area contributed by atoms with E-state index in [0.29, 0.717) is 11.5 Å². The Morgan fingerprint density at radius 3 is 2.61 bits per heavy atom. The highest BCUT2D eigenvalue weighted by molar-refractivity contribution is 6.02. The third-order valence-electron chi connectivity index (χ3n) is 5.27. The van der Waals surface area contributed by atoms with Gasteiger partial charge < -0.3 is 19.4 Å². The Balaban J connectivity index is 1.31. The minimum atomic E-state index is -0.322. The molecule has 1 N–H and O–H groups in total. The van der Waals surface area contributed by atoms with E-state index >= 15 is 0 Å². The van der Waals surface area contributed by atoms with Gasteiger partial charge in [0.25, 0.3) is 5.91 Å². The molecule has 1 fully saturated rings. The quantitative estimate of drug-likeness (QED) is 0.623. The Bertz CT molecular complexity index is 1010. The van der Waals surface area contributed by atoms with Gasteiger partial charge >= 0.3 is 0 Å². The van der Waals surface area contributed by atoms with Crippen LogP contribution in [-0.2, 0) is 13.2 Å². The normalized spacial score (nSPS) is 15.0. The third kappa shape index (κ3) is 5.93. The number of carbonyl (C=O) groups excluding carboxylic acids is 1. The number of halogens is 1. The van der Waals surface area contributed by atoms with Crippen LogP contribution in [0.15, 0.2) is 65.1 Å². The largest absolute Gasteiger partial charge is 0.486 e. The smallest absolute Gasteiger partial charge is 0.291 e. The molecule has 2 aromatic carbocycles. The molecule has 7 heteroatoms. The molecular weight excluding hydrogens is 397 g/mol. The fraction of sp³-hybridized carbons (Fsp3) is 0.292. The van der Waals surface area contributed by atoms with Gasteiger partial charge in [-0.2, -0.15) is 0 Å². The van der Waals surface area contributed by atoms with E-state index in [1.807, 2.05) is 18.2 Å². The van der Waals surface area contributed by atoms with Gasteiger partial charge in [-0.15, -0.1) is 0 Å². The van der Waals surface area contributed by atoms with Crippen molar-refractivity contribution in [3.63, 3.8) is 0 Å². The molecular formula is C24H26FN3O3. The highest BCUT2D eigenvalue weighted by Crippen LogP contribution is 2.18. The Labute approximate surface area is 181 Å². The van der Waals surface area contributed by atoms with Crippen molar-refractivity contribution < 1.29 is 18.3 Å². The summed E-state index contributed by atoms with van der Waals surface area (Å²) in [5.41, 5.74) is 1.90. The number of anilines is 1. The van der Waals surface area contributed by atoms with E-state index in [4.69, 9.17) is 9.15 Å². The summed E-state index contributed by atoms with van der Waals surface area (Å²) < 4.78 is 24.1. The zero-order valence-corrected chi connectivity index (χ0v) is 17.5. The molecule has 6 nitrogen and oxygen atoms in total. The van der Waals surface area contributed by atoms with Crippen LogP contribution in [0, 0.1) is 5.82 Å². The van der Waals surface area contributed by atoms with Crippen LogP contribution in [0.3, 0.4) is 0 Å². The van der Waals surface area contributed by atoms with Gasteiger partial charge in [0.05, 0.1) is 0 Å². The van der Waals surface area contributed by atoms with Crippen molar-refractivity contribution in [2.75, 3.05) is 38.5 Å². The summed E-state index contributed by atoms with van der Waals surface area (Å²) in [6, 6.07) is 16.9. The number of rotatable bonds is 7. The van der Waals surface area contributed by atoms with Gasteiger partial charge in [0.2, 0.25) is 0 Å². The first-order valence-corrected chi connectivity index (χ1v) is 10.3. The number of ether oxygens (including phenoxy) is 1. The van der Waals surface area contributed by atoms with Gasteiger partial charge in [0.15, 0.2) is 5.76 Å². The second-order valence-corrected chi connectivity index (χ2v) is 7.74. The minimum Gasteiger partial charge on any atom is -0.486 e. The molecule has 1 saturated heterocycles. The topological polar surface area (TPSA) is 58.0 Å². The summed E-state index contributed by atoms with van der Waals surface area (Å²) in [5, 5.41) is 2.89. The molecule has 1 amide bonds. The fourth-order valence-corrected chi connectivity index (χ4v) is 3.47. The number of nitrogens with zero attached hydrogens (tertiary/aromatic N) is 2. The van der Waals surface area contributed by atoms with Crippen molar-refractivity contribution in [3.8, 4) is 5.75 Å². The van der Waals surface area contributed by atoms with Crippen LogP contribution in [-0.4, -0.2) is 48.9 Å². The number of furan rings is 1. The second-order valence-electron chi connectivity index (χ2n) is 7.74. The number of benzene rings is 2. The van der Waals surface area contributed by atoms with Crippen molar-refractivity contribution in [2.24, 2.45) is 0 Å². The number of hydrogen-bond donors (Lipinski definition) is 1. The van der Waals surface area contributed by atoms with Gasteiger partial charge in [-0.05, 0) is 61.1 Å². The van der Waals surface area contributed by atoms with E-state index in [0.717, 1.165) is 44.0 Å². The Morgan fingerprint density at radius 1 is 1.06 bits per heavy atom. The Hall–Kier alpha value is -3.16. The van der Waals surface area contributed by atoms with Crippen molar-refractivity contribution in [1.82, 2.24) is 9.80 Å². The molecule has 2 heterocycles. The summed E-state index contributed by atoms with van der Waals surface area (Å²) in [5.74, 6) is 0.614. The van der Waals surface area contributed by atoms with Crippen LogP contribution in [0.25, 0.3) is 0 Å². The molecule has 1 aliphatic rings. The van der Waals surface area contributed by atoms with Crippen molar-refractivity contribution >= 4 is 11.6 Å². The second kappa shape index (κ2) is 9.76. The predicted molar refractivity (Wildman–Crippen MR) is 117 cm³/mol. The van der Waals surface area contributed by atoms with Crippen LogP contribution in [0.1, 0.15) is 21.9 Å². The SMILES string of the molecule is CN1CCN(Cc2cccc(NC(=O)c3ccc(COc4ccc(F)cc4)o3)c2)CC1. The highest BCUT2D eigenvalue weighted by Gasteiger charge is 2.15. The zero-order valence-electron chi connectivity index (χ0n) is 17.5. The fourth-order valence-electron chi connectivity index (χ4n) is 3.47. The average Bonchev–Trinajstić information content (AvgIpc) is 3.25. The summed E-state index contributed by atoms with van der Waals surface area (Å²) in [7, 11) is 2.14. The maximum atomic E-state index is 13.0. The average molecular weight is 423 g/mol. The van der Waals surface area contributed by atoms with Crippen LogP contribution in [0.4, 0.5) is 10.1 Å². The highest BCUT2D eigenvalue weighted by atomic mass is 19.1. The van der Waals surface area contributed by atoms with Gasteiger partial charge in [-0.3, -0.25) is 9.69 Å². The van der Waals surface area contributed by atoms with Crippen LogP contribution in [0.5, 0.6) is 5.75 Å². The molecule has 162 valence electrons. The molecule has 31 heavy (non-hydrogen) atoms. The lowest BCUT2D eigenvalue weighted by atomic mass is 10.1. The zero-order chi connectivity index (χ0) is 21.6. The number of likely N-dealkylation sites (N-methyl/N-ethyl adjacent to an activating group) is 1. The molecule has 0 unspecified atom stereocenters. The van der Waals surface area contributed by atoms with Crippen molar-refractivity contribution in [3.05, 3.63) is 83.6 Å².